The van der Waals surface area contributed by atoms with Crippen LogP contribution in [0.5, 0.6) is 0 Å². The van der Waals surface area contributed by atoms with E-state index in [0.29, 0.717) is 13.2 Å². The summed E-state index contributed by atoms with van der Waals surface area (Å²) in [6, 6.07) is 4.08. The van der Waals surface area contributed by atoms with Crippen molar-refractivity contribution < 1.29 is 14.5 Å². The maximum Gasteiger partial charge on any atom is 0.304 e. The van der Waals surface area contributed by atoms with Crippen LogP contribution in [0.15, 0.2) is 18.2 Å². The van der Waals surface area contributed by atoms with Crippen LogP contribution in [-0.4, -0.2) is 30.1 Å². The summed E-state index contributed by atoms with van der Waals surface area (Å²) in [5, 5.41) is 13.8. The van der Waals surface area contributed by atoms with Gasteiger partial charge in [-0.2, -0.15) is 0 Å². The minimum atomic E-state index is -0.642. The number of nitrogens with two attached hydrogens (primary N) is 1. The second-order valence-corrected chi connectivity index (χ2v) is 4.98. The summed E-state index contributed by atoms with van der Waals surface area (Å²) in [5.41, 5.74) is 5.15. The standard InChI is InChI=1S/C14H21N3O4/c1-4-21-8-12(9(2)3)16-14(18)10-6-5-7-11(15)13(10)17(19)20/h5-7,9,12H,4,8,15H2,1-3H3,(H,16,18). The Bertz CT molecular complexity index is 517. The summed E-state index contributed by atoms with van der Waals surface area (Å²) in [4.78, 5) is 22.7. The zero-order valence-corrected chi connectivity index (χ0v) is 12.5. The van der Waals surface area contributed by atoms with Crippen molar-refractivity contribution in [1.29, 1.82) is 0 Å². The van der Waals surface area contributed by atoms with Crippen molar-refractivity contribution in [2.24, 2.45) is 5.92 Å². The number of nitro benzene ring substituents is 1. The van der Waals surface area contributed by atoms with E-state index in [9.17, 15) is 14.9 Å². The van der Waals surface area contributed by atoms with Gasteiger partial charge >= 0.3 is 5.69 Å². The van der Waals surface area contributed by atoms with Crippen molar-refractivity contribution in [3.8, 4) is 0 Å². The van der Waals surface area contributed by atoms with E-state index < -0.39 is 10.8 Å². The number of hydrogen-bond donors (Lipinski definition) is 2. The first-order valence-corrected chi connectivity index (χ1v) is 6.79. The molecular formula is C14H21N3O4. The number of amides is 1. The van der Waals surface area contributed by atoms with Gasteiger partial charge in [0.1, 0.15) is 11.3 Å². The molecule has 21 heavy (non-hydrogen) atoms. The van der Waals surface area contributed by atoms with Crippen LogP contribution in [-0.2, 0) is 4.74 Å². The van der Waals surface area contributed by atoms with E-state index in [1.165, 1.54) is 18.2 Å². The van der Waals surface area contributed by atoms with E-state index in [1.54, 1.807) is 0 Å². The zero-order chi connectivity index (χ0) is 16.0. The number of nitrogens with zero attached hydrogens (tertiary/aromatic N) is 1. The Kier molecular flexibility index (Phi) is 6.10. The van der Waals surface area contributed by atoms with Crippen LogP contribution >= 0.6 is 0 Å². The molecule has 0 radical (unpaired) electrons. The quantitative estimate of drug-likeness (QED) is 0.454. The summed E-state index contributed by atoms with van der Waals surface area (Å²) < 4.78 is 5.32. The van der Waals surface area contributed by atoms with Gasteiger partial charge in [0.15, 0.2) is 0 Å². The first-order valence-electron chi connectivity index (χ1n) is 6.79. The monoisotopic (exact) mass is 295 g/mol. The number of para-hydroxylation sites is 1. The number of benzene rings is 1. The topological polar surface area (TPSA) is 107 Å². The van der Waals surface area contributed by atoms with Gasteiger partial charge in [-0.3, -0.25) is 14.9 Å². The molecule has 0 aliphatic carbocycles. The van der Waals surface area contributed by atoms with Crippen molar-refractivity contribution in [2.75, 3.05) is 18.9 Å². The van der Waals surface area contributed by atoms with Crippen molar-refractivity contribution in [1.82, 2.24) is 5.32 Å². The third-order valence-electron chi connectivity index (χ3n) is 3.12. The second-order valence-electron chi connectivity index (χ2n) is 4.98. The number of carbonyl (C=O) groups excluding carboxylic acids is 1. The Labute approximate surface area is 123 Å². The van der Waals surface area contributed by atoms with E-state index >= 15 is 0 Å². The third-order valence-corrected chi connectivity index (χ3v) is 3.12. The first kappa shape index (κ1) is 16.9. The van der Waals surface area contributed by atoms with Gasteiger partial charge in [0.25, 0.3) is 5.91 Å². The minimum absolute atomic E-state index is 0.0291. The lowest BCUT2D eigenvalue weighted by atomic mass is 10.0. The SMILES string of the molecule is CCOCC(NC(=O)c1cccc(N)c1[N+](=O)[O-])C(C)C. The highest BCUT2D eigenvalue weighted by molar-refractivity contribution is 6.00. The normalized spacial score (nSPS) is 12.2. The Morgan fingerprint density at radius 1 is 1.48 bits per heavy atom. The van der Waals surface area contributed by atoms with Crippen molar-refractivity contribution in [2.45, 2.75) is 26.8 Å². The van der Waals surface area contributed by atoms with Crippen LogP contribution in [0.2, 0.25) is 0 Å². The molecule has 1 rings (SSSR count). The van der Waals surface area contributed by atoms with E-state index in [-0.39, 0.29) is 28.9 Å². The van der Waals surface area contributed by atoms with Gasteiger partial charge in [-0.25, -0.2) is 0 Å². The smallest absolute Gasteiger partial charge is 0.304 e. The molecule has 0 aliphatic rings. The molecule has 0 fully saturated rings. The molecule has 0 aliphatic heterocycles. The van der Waals surface area contributed by atoms with Crippen LogP contribution in [0.1, 0.15) is 31.1 Å². The van der Waals surface area contributed by atoms with Crippen LogP contribution < -0.4 is 11.1 Å². The Morgan fingerprint density at radius 2 is 2.14 bits per heavy atom. The molecule has 0 aromatic heterocycles. The van der Waals surface area contributed by atoms with Gasteiger partial charge in [0.2, 0.25) is 0 Å². The van der Waals surface area contributed by atoms with Gasteiger partial charge in [-0.1, -0.05) is 19.9 Å². The van der Waals surface area contributed by atoms with E-state index in [0.717, 1.165) is 0 Å². The summed E-state index contributed by atoms with van der Waals surface area (Å²) in [6.07, 6.45) is 0. The highest BCUT2D eigenvalue weighted by atomic mass is 16.6. The van der Waals surface area contributed by atoms with Gasteiger partial charge in [-0.15, -0.1) is 0 Å². The Hall–Kier alpha value is -2.15. The molecule has 0 heterocycles. The summed E-state index contributed by atoms with van der Waals surface area (Å²) >= 11 is 0. The van der Waals surface area contributed by atoms with E-state index in [4.69, 9.17) is 10.5 Å². The molecule has 7 heteroatoms. The summed E-state index contributed by atoms with van der Waals surface area (Å²) in [6.45, 7) is 6.64. The Balaban J connectivity index is 2.98. The fourth-order valence-electron chi connectivity index (χ4n) is 1.84. The number of nitrogen functional groups attached to an aromatic ring is 1. The largest absolute Gasteiger partial charge is 0.393 e. The van der Waals surface area contributed by atoms with Crippen LogP contribution in [0, 0.1) is 16.0 Å². The van der Waals surface area contributed by atoms with Crippen molar-refractivity contribution in [3.63, 3.8) is 0 Å². The van der Waals surface area contributed by atoms with Gasteiger partial charge < -0.3 is 15.8 Å². The lowest BCUT2D eigenvalue weighted by Crippen LogP contribution is -2.42. The minimum Gasteiger partial charge on any atom is -0.393 e. The van der Waals surface area contributed by atoms with Gasteiger partial charge in [-0.05, 0) is 25.0 Å². The fourth-order valence-corrected chi connectivity index (χ4v) is 1.84. The third kappa shape index (κ3) is 4.42. The highest BCUT2D eigenvalue weighted by Gasteiger charge is 2.25. The number of nitrogens with one attached hydrogen (secondary N) is 1. The number of ether oxygens (including phenoxy) is 1. The fraction of sp³-hybridized carbons (Fsp3) is 0.500. The lowest BCUT2D eigenvalue weighted by molar-refractivity contribution is -0.384. The maximum atomic E-state index is 12.3. The van der Waals surface area contributed by atoms with Crippen LogP contribution in [0.25, 0.3) is 0 Å². The molecule has 0 saturated carbocycles. The molecule has 1 aromatic carbocycles. The number of nitro groups is 1. The predicted octanol–water partition coefficient (Wildman–Crippen LogP) is 1.97. The number of hydrogen-bond acceptors (Lipinski definition) is 5. The maximum absolute atomic E-state index is 12.3. The average molecular weight is 295 g/mol. The summed E-state index contributed by atoms with van der Waals surface area (Å²) in [7, 11) is 0. The molecule has 1 amide bonds. The number of carbonyl (C=O) groups is 1. The second kappa shape index (κ2) is 7.58. The molecule has 116 valence electrons. The number of anilines is 1. The lowest BCUT2D eigenvalue weighted by Gasteiger charge is -2.22. The molecular weight excluding hydrogens is 274 g/mol. The molecule has 0 bridgehead atoms. The van der Waals surface area contributed by atoms with Gasteiger partial charge in [0, 0.05) is 6.61 Å². The highest BCUT2D eigenvalue weighted by Crippen LogP contribution is 2.26. The molecule has 0 saturated heterocycles. The van der Waals surface area contributed by atoms with Crippen LogP contribution in [0.4, 0.5) is 11.4 Å². The molecule has 0 spiro atoms. The first-order chi connectivity index (χ1) is 9.88. The van der Waals surface area contributed by atoms with Crippen molar-refractivity contribution >= 4 is 17.3 Å². The molecule has 1 unspecified atom stereocenters. The Morgan fingerprint density at radius 3 is 2.67 bits per heavy atom. The van der Waals surface area contributed by atoms with Crippen LogP contribution in [0.3, 0.4) is 0 Å². The van der Waals surface area contributed by atoms with Crippen molar-refractivity contribution in [3.05, 3.63) is 33.9 Å². The molecule has 1 aromatic rings. The van der Waals surface area contributed by atoms with Gasteiger partial charge in [0.05, 0.1) is 17.6 Å². The average Bonchev–Trinajstić information content (AvgIpc) is 2.42. The molecule has 3 N–H and O–H groups in total. The van der Waals surface area contributed by atoms with E-state index in [1.807, 2.05) is 20.8 Å². The molecule has 7 nitrogen and oxygen atoms in total. The number of rotatable bonds is 7. The van der Waals surface area contributed by atoms with E-state index in [2.05, 4.69) is 5.32 Å². The molecule has 1 atom stereocenters. The zero-order valence-electron chi connectivity index (χ0n) is 12.5. The predicted molar refractivity (Wildman–Crippen MR) is 80.1 cm³/mol. The summed E-state index contributed by atoms with van der Waals surface area (Å²) in [5.74, 6) is -0.381.